The average Bonchev–Trinajstić information content (AvgIpc) is 2.91. The summed E-state index contributed by atoms with van der Waals surface area (Å²) in [6.45, 7) is 3.13. The van der Waals surface area contributed by atoms with Crippen LogP contribution in [0.15, 0.2) is 107 Å². The fraction of sp³-hybridized carbons (Fsp3) is 0.107. The molecular weight excluding hydrogens is 558 g/mol. The van der Waals surface area contributed by atoms with E-state index in [-0.39, 0.29) is 9.79 Å². The van der Waals surface area contributed by atoms with E-state index in [4.69, 9.17) is 11.6 Å². The third kappa shape index (κ3) is 6.78. The molecule has 0 spiro atoms. The zero-order valence-corrected chi connectivity index (χ0v) is 23.5. The lowest BCUT2D eigenvalue weighted by Gasteiger charge is -2.26. The van der Waals surface area contributed by atoms with Gasteiger partial charge in [-0.15, -0.1) is 0 Å². The van der Waals surface area contributed by atoms with Crippen LogP contribution in [0.5, 0.6) is 0 Å². The van der Waals surface area contributed by atoms with E-state index in [9.17, 15) is 21.6 Å². The second-order valence-corrected chi connectivity index (χ2v) is 12.8. The zero-order valence-electron chi connectivity index (χ0n) is 21.1. The van der Waals surface area contributed by atoms with Crippen molar-refractivity contribution in [2.24, 2.45) is 0 Å². The first-order chi connectivity index (χ1) is 18.5. The largest absolute Gasteiger partial charge is 0.325 e. The van der Waals surface area contributed by atoms with E-state index in [0.717, 1.165) is 9.87 Å². The second-order valence-electron chi connectivity index (χ2n) is 8.80. The van der Waals surface area contributed by atoms with Gasteiger partial charge in [-0.2, -0.15) is 0 Å². The fourth-order valence-corrected chi connectivity index (χ4v) is 6.47. The third-order valence-electron chi connectivity index (χ3n) is 5.80. The number of halogens is 1. The van der Waals surface area contributed by atoms with Crippen LogP contribution in [0.3, 0.4) is 0 Å². The Labute approximate surface area is 233 Å². The highest BCUT2D eigenvalue weighted by molar-refractivity contribution is 7.93. The van der Waals surface area contributed by atoms with Crippen molar-refractivity contribution < 1.29 is 21.6 Å². The predicted molar refractivity (Wildman–Crippen MR) is 154 cm³/mol. The molecule has 0 radical (unpaired) electrons. The summed E-state index contributed by atoms with van der Waals surface area (Å²) in [6, 6.07) is 25.0. The first-order valence-electron chi connectivity index (χ1n) is 11.8. The maximum atomic E-state index is 13.6. The number of anilines is 3. The normalized spacial score (nSPS) is 11.6. The van der Waals surface area contributed by atoms with Crippen molar-refractivity contribution in [2.75, 3.05) is 20.9 Å². The summed E-state index contributed by atoms with van der Waals surface area (Å²) >= 11 is 5.85. The van der Waals surface area contributed by atoms with Gasteiger partial charge in [-0.25, -0.2) is 16.8 Å². The van der Waals surface area contributed by atoms with Crippen molar-refractivity contribution in [3.63, 3.8) is 0 Å². The van der Waals surface area contributed by atoms with E-state index >= 15 is 0 Å². The van der Waals surface area contributed by atoms with E-state index in [0.29, 0.717) is 27.6 Å². The van der Waals surface area contributed by atoms with E-state index in [1.54, 1.807) is 61.5 Å². The molecule has 0 aromatic heterocycles. The maximum Gasteiger partial charge on any atom is 0.264 e. The van der Waals surface area contributed by atoms with E-state index in [1.165, 1.54) is 36.4 Å². The van der Waals surface area contributed by atoms with Gasteiger partial charge in [0.15, 0.2) is 0 Å². The molecule has 0 aliphatic rings. The molecule has 0 saturated carbocycles. The number of sulfonamides is 2. The number of carbonyl (C=O) groups is 1. The van der Waals surface area contributed by atoms with E-state index in [1.807, 2.05) is 13.0 Å². The first kappa shape index (κ1) is 28.2. The van der Waals surface area contributed by atoms with Crippen molar-refractivity contribution in [3.05, 3.63) is 113 Å². The number of hydrogen-bond donors (Lipinski definition) is 2. The SMILES string of the molecule is Cc1ccc(C)c(N(CC(=O)Nc2ccc(S(=O)(=O)Nc3ccc(Cl)cc3)cc2)S(=O)(=O)c2ccccc2)c1. The number of benzene rings is 4. The smallest absolute Gasteiger partial charge is 0.264 e. The van der Waals surface area contributed by atoms with Gasteiger partial charge in [-0.3, -0.25) is 13.8 Å². The van der Waals surface area contributed by atoms with Crippen LogP contribution in [0.2, 0.25) is 5.02 Å². The van der Waals surface area contributed by atoms with Crippen LogP contribution < -0.4 is 14.3 Å². The summed E-state index contributed by atoms with van der Waals surface area (Å²) < 4.78 is 56.1. The van der Waals surface area contributed by atoms with Gasteiger partial charge >= 0.3 is 0 Å². The minimum absolute atomic E-state index is 0.0147. The lowest BCUT2D eigenvalue weighted by molar-refractivity contribution is -0.114. The fourth-order valence-electron chi connectivity index (χ4n) is 3.79. The molecule has 4 aromatic carbocycles. The molecule has 0 aliphatic heterocycles. The van der Waals surface area contributed by atoms with Gasteiger partial charge < -0.3 is 5.32 Å². The summed E-state index contributed by atoms with van der Waals surface area (Å²) in [5.41, 5.74) is 2.58. The molecule has 0 aliphatic carbocycles. The highest BCUT2D eigenvalue weighted by Gasteiger charge is 2.28. The number of nitrogens with zero attached hydrogens (tertiary/aromatic N) is 1. The lowest BCUT2D eigenvalue weighted by Crippen LogP contribution is -2.38. The summed E-state index contributed by atoms with van der Waals surface area (Å²) in [5, 5.41) is 3.14. The monoisotopic (exact) mass is 583 g/mol. The highest BCUT2D eigenvalue weighted by atomic mass is 35.5. The molecule has 4 rings (SSSR count). The standard InChI is InChI=1S/C28H26ClN3O5S2/c1-20-8-9-21(2)27(18-20)32(39(36,37)26-6-4-3-5-7-26)19-28(33)30-23-14-16-25(17-15-23)38(34,35)31-24-12-10-22(29)11-13-24/h3-18,31H,19H2,1-2H3,(H,30,33). The molecule has 1 amide bonds. The zero-order chi connectivity index (χ0) is 28.2. The molecular formula is C28H26ClN3O5S2. The van der Waals surface area contributed by atoms with Crippen LogP contribution in [-0.2, 0) is 24.8 Å². The first-order valence-corrected chi connectivity index (χ1v) is 15.1. The molecule has 0 bridgehead atoms. The van der Waals surface area contributed by atoms with Gasteiger partial charge in [0.1, 0.15) is 6.54 Å². The Bertz CT molecular complexity index is 1690. The summed E-state index contributed by atoms with van der Waals surface area (Å²) in [6.07, 6.45) is 0. The Morgan fingerprint density at radius 2 is 1.38 bits per heavy atom. The van der Waals surface area contributed by atoms with Crippen LogP contribution in [-0.4, -0.2) is 29.3 Å². The van der Waals surface area contributed by atoms with Crippen LogP contribution in [0.1, 0.15) is 11.1 Å². The summed E-state index contributed by atoms with van der Waals surface area (Å²) in [5.74, 6) is -0.592. The van der Waals surface area contributed by atoms with Gasteiger partial charge in [-0.1, -0.05) is 41.9 Å². The molecule has 0 saturated heterocycles. The molecule has 202 valence electrons. The quantitative estimate of drug-likeness (QED) is 0.267. The number of hydrogen-bond acceptors (Lipinski definition) is 5. The number of rotatable bonds is 9. The van der Waals surface area contributed by atoms with Crippen molar-refractivity contribution in [1.29, 1.82) is 0 Å². The number of amides is 1. The molecule has 0 atom stereocenters. The van der Waals surface area contributed by atoms with Crippen molar-refractivity contribution in [2.45, 2.75) is 23.6 Å². The Morgan fingerprint density at radius 1 is 0.769 bits per heavy atom. The Hall–Kier alpha value is -3.86. The minimum atomic E-state index is -4.06. The van der Waals surface area contributed by atoms with Crippen molar-refractivity contribution >= 4 is 54.6 Å². The number of carbonyl (C=O) groups excluding carboxylic acids is 1. The predicted octanol–water partition coefficient (Wildman–Crippen LogP) is 5.59. The molecule has 0 fully saturated rings. The van der Waals surface area contributed by atoms with Gasteiger partial charge in [-0.05, 0) is 91.7 Å². The second kappa shape index (κ2) is 11.5. The van der Waals surface area contributed by atoms with Crippen molar-refractivity contribution in [3.8, 4) is 0 Å². The minimum Gasteiger partial charge on any atom is -0.325 e. The molecule has 39 heavy (non-hydrogen) atoms. The summed E-state index contributed by atoms with van der Waals surface area (Å²) in [4.78, 5) is 13.1. The topological polar surface area (TPSA) is 113 Å². The van der Waals surface area contributed by atoms with Gasteiger partial charge in [0, 0.05) is 16.4 Å². The lowest BCUT2D eigenvalue weighted by atomic mass is 10.1. The van der Waals surface area contributed by atoms with Gasteiger partial charge in [0.25, 0.3) is 20.0 Å². The van der Waals surface area contributed by atoms with E-state index < -0.39 is 32.5 Å². The van der Waals surface area contributed by atoms with E-state index in [2.05, 4.69) is 10.0 Å². The van der Waals surface area contributed by atoms with Gasteiger partial charge in [0.2, 0.25) is 5.91 Å². The Kier molecular flexibility index (Phi) is 8.29. The summed E-state index contributed by atoms with van der Waals surface area (Å²) in [7, 11) is -7.94. The molecule has 4 aromatic rings. The van der Waals surface area contributed by atoms with Crippen LogP contribution in [0.4, 0.5) is 17.1 Å². The molecule has 8 nitrogen and oxygen atoms in total. The molecule has 0 unspecified atom stereocenters. The maximum absolute atomic E-state index is 13.6. The Balaban J connectivity index is 1.55. The average molecular weight is 584 g/mol. The van der Waals surface area contributed by atoms with Crippen LogP contribution in [0, 0.1) is 13.8 Å². The highest BCUT2D eigenvalue weighted by Crippen LogP contribution is 2.28. The third-order valence-corrected chi connectivity index (χ3v) is 9.22. The molecule has 11 heteroatoms. The Morgan fingerprint density at radius 3 is 2.03 bits per heavy atom. The van der Waals surface area contributed by atoms with Crippen molar-refractivity contribution in [1.82, 2.24) is 0 Å². The van der Waals surface area contributed by atoms with Gasteiger partial charge in [0.05, 0.1) is 15.5 Å². The molecule has 0 heterocycles. The van der Waals surface area contributed by atoms with Crippen LogP contribution >= 0.6 is 11.6 Å². The molecule has 2 N–H and O–H groups in total. The number of aryl methyl sites for hydroxylation is 2. The van der Waals surface area contributed by atoms with Crippen LogP contribution in [0.25, 0.3) is 0 Å². The number of nitrogens with one attached hydrogen (secondary N) is 2.